The van der Waals surface area contributed by atoms with Crippen LogP contribution in [0.3, 0.4) is 0 Å². The summed E-state index contributed by atoms with van der Waals surface area (Å²) in [5.74, 6) is 1.38. The van der Waals surface area contributed by atoms with Crippen LogP contribution < -0.4 is 4.74 Å². The van der Waals surface area contributed by atoms with E-state index < -0.39 is 0 Å². The molecule has 0 atom stereocenters. The number of nitriles is 1. The topological polar surface area (TPSA) is 58.8 Å². The van der Waals surface area contributed by atoms with Gasteiger partial charge in [-0.05, 0) is 12.1 Å². The van der Waals surface area contributed by atoms with Gasteiger partial charge in [0.15, 0.2) is 0 Å². The monoisotopic (exact) mass is 279 g/mol. The Morgan fingerprint density at radius 3 is 2.83 bits per heavy atom. The Bertz CT molecular complexity index is 604. The second-order valence-corrected chi connectivity index (χ2v) is 5.02. The highest BCUT2D eigenvalue weighted by Gasteiger charge is 2.13. The molecule has 0 bridgehead atoms. The molecule has 92 valence electrons. The van der Waals surface area contributed by atoms with Crippen molar-refractivity contribution in [3.05, 3.63) is 34.6 Å². The lowest BCUT2D eigenvalue weighted by Crippen LogP contribution is -1.91. The Labute approximate surface area is 114 Å². The minimum atomic E-state index is 0.244. The molecule has 0 amide bonds. The first kappa shape index (κ1) is 12.8. The molecule has 1 aromatic heterocycles. The first-order valence-corrected chi connectivity index (χ1v) is 6.47. The maximum atomic E-state index is 9.02. The van der Waals surface area contributed by atoms with Gasteiger partial charge in [-0.1, -0.05) is 31.5 Å². The van der Waals surface area contributed by atoms with Gasteiger partial charge in [-0.15, -0.1) is 0 Å². The van der Waals surface area contributed by atoms with Crippen LogP contribution in [0, 0.1) is 11.3 Å². The number of hydrogen-bond donors (Lipinski definition) is 0. The molecule has 4 nitrogen and oxygen atoms in total. The predicted octanol–water partition coefficient (Wildman–Crippen LogP) is 3.98. The van der Waals surface area contributed by atoms with E-state index in [9.17, 15) is 0 Å². The molecule has 0 unspecified atom stereocenters. The maximum Gasteiger partial charge on any atom is 0.298 e. The van der Waals surface area contributed by atoms with Crippen molar-refractivity contribution < 1.29 is 4.74 Å². The van der Waals surface area contributed by atoms with Crippen LogP contribution in [-0.4, -0.2) is 9.36 Å². The summed E-state index contributed by atoms with van der Waals surface area (Å²) in [7, 11) is 0. The van der Waals surface area contributed by atoms with Crippen LogP contribution in [0.4, 0.5) is 0 Å². The quantitative estimate of drug-likeness (QED) is 0.853. The number of rotatable bonds is 3. The van der Waals surface area contributed by atoms with E-state index in [0.717, 1.165) is 17.4 Å². The molecular formula is C12H10ClN3OS. The Kier molecular flexibility index (Phi) is 3.80. The Hall–Kier alpha value is -1.64. The van der Waals surface area contributed by atoms with E-state index >= 15 is 0 Å². The van der Waals surface area contributed by atoms with Gasteiger partial charge < -0.3 is 4.74 Å². The van der Waals surface area contributed by atoms with Gasteiger partial charge in [0.1, 0.15) is 23.2 Å². The van der Waals surface area contributed by atoms with Gasteiger partial charge in [-0.25, -0.2) is 0 Å². The van der Waals surface area contributed by atoms with E-state index in [-0.39, 0.29) is 5.92 Å². The predicted molar refractivity (Wildman–Crippen MR) is 70.2 cm³/mol. The normalized spacial score (nSPS) is 10.4. The Balaban J connectivity index is 2.29. The number of halogens is 1. The fraction of sp³-hybridized carbons (Fsp3) is 0.250. The summed E-state index contributed by atoms with van der Waals surface area (Å²) < 4.78 is 9.73. The van der Waals surface area contributed by atoms with Crippen molar-refractivity contribution in [2.24, 2.45) is 0 Å². The Morgan fingerprint density at radius 1 is 1.44 bits per heavy atom. The third-order valence-electron chi connectivity index (χ3n) is 2.22. The summed E-state index contributed by atoms with van der Waals surface area (Å²) in [6.45, 7) is 4.01. The number of aromatic nitrogens is 2. The zero-order chi connectivity index (χ0) is 13.1. The third kappa shape index (κ3) is 2.61. The molecule has 6 heteroatoms. The number of ether oxygens (including phenoxy) is 1. The summed E-state index contributed by atoms with van der Waals surface area (Å²) in [6.07, 6.45) is 0. The standard InChI is InChI=1S/C12H10ClN3OS/c1-7(2)11-15-12(18-16-11)17-10-5-3-4-9(13)8(10)6-14/h3-5,7H,1-2H3. The molecular weight excluding hydrogens is 270 g/mol. The first-order valence-electron chi connectivity index (χ1n) is 5.32. The summed E-state index contributed by atoms with van der Waals surface area (Å²) in [4.78, 5) is 4.24. The van der Waals surface area contributed by atoms with Gasteiger partial charge in [-0.2, -0.15) is 14.6 Å². The average Bonchev–Trinajstić information content (AvgIpc) is 2.78. The van der Waals surface area contributed by atoms with Crippen LogP contribution in [0.2, 0.25) is 5.02 Å². The highest BCUT2D eigenvalue weighted by Crippen LogP contribution is 2.31. The second-order valence-electron chi connectivity index (χ2n) is 3.90. The zero-order valence-electron chi connectivity index (χ0n) is 9.85. The van der Waals surface area contributed by atoms with E-state index in [1.165, 1.54) is 0 Å². The lowest BCUT2D eigenvalue weighted by atomic mass is 10.2. The fourth-order valence-electron chi connectivity index (χ4n) is 1.29. The van der Waals surface area contributed by atoms with Crippen molar-refractivity contribution in [3.63, 3.8) is 0 Å². The Morgan fingerprint density at radius 2 is 2.22 bits per heavy atom. The van der Waals surface area contributed by atoms with Gasteiger partial charge in [0.05, 0.1) is 5.02 Å². The largest absolute Gasteiger partial charge is 0.428 e. The fourth-order valence-corrected chi connectivity index (χ4v) is 2.18. The molecule has 0 saturated carbocycles. The lowest BCUT2D eigenvalue weighted by molar-refractivity contribution is 0.474. The van der Waals surface area contributed by atoms with E-state index in [1.807, 2.05) is 19.9 Å². The maximum absolute atomic E-state index is 9.02. The molecule has 0 aliphatic heterocycles. The van der Waals surface area contributed by atoms with Crippen LogP contribution in [0.15, 0.2) is 18.2 Å². The van der Waals surface area contributed by atoms with Gasteiger partial charge in [-0.3, -0.25) is 0 Å². The SMILES string of the molecule is CC(C)c1nsc(Oc2cccc(Cl)c2C#N)n1. The third-order valence-corrected chi connectivity index (χ3v) is 3.15. The summed E-state index contributed by atoms with van der Waals surface area (Å²) in [6, 6.07) is 7.07. The molecule has 0 spiro atoms. The summed E-state index contributed by atoms with van der Waals surface area (Å²) in [5, 5.41) is 9.80. The van der Waals surface area contributed by atoms with Crippen molar-refractivity contribution >= 4 is 23.1 Å². The smallest absolute Gasteiger partial charge is 0.298 e. The van der Waals surface area contributed by atoms with Crippen LogP contribution in [0.1, 0.15) is 31.2 Å². The van der Waals surface area contributed by atoms with E-state index in [4.69, 9.17) is 21.6 Å². The number of benzene rings is 1. The van der Waals surface area contributed by atoms with Crippen molar-refractivity contribution in [2.45, 2.75) is 19.8 Å². The van der Waals surface area contributed by atoms with Gasteiger partial charge in [0.25, 0.3) is 5.19 Å². The molecule has 1 heterocycles. The molecule has 0 fully saturated rings. The van der Waals surface area contributed by atoms with Crippen molar-refractivity contribution in [2.75, 3.05) is 0 Å². The van der Waals surface area contributed by atoms with E-state index in [2.05, 4.69) is 9.36 Å². The molecule has 0 aliphatic carbocycles. The van der Waals surface area contributed by atoms with Gasteiger partial charge in [0, 0.05) is 17.5 Å². The minimum absolute atomic E-state index is 0.244. The molecule has 2 rings (SSSR count). The molecule has 0 aliphatic rings. The van der Waals surface area contributed by atoms with Gasteiger partial charge in [0.2, 0.25) is 0 Å². The second kappa shape index (κ2) is 5.34. The minimum Gasteiger partial charge on any atom is -0.428 e. The van der Waals surface area contributed by atoms with Crippen LogP contribution >= 0.6 is 23.1 Å². The van der Waals surface area contributed by atoms with Crippen LogP contribution in [0.5, 0.6) is 10.9 Å². The van der Waals surface area contributed by atoms with Gasteiger partial charge >= 0.3 is 0 Å². The summed E-state index contributed by atoms with van der Waals surface area (Å²) >= 11 is 7.08. The highest BCUT2D eigenvalue weighted by atomic mass is 35.5. The van der Waals surface area contributed by atoms with Crippen LogP contribution in [0.25, 0.3) is 0 Å². The molecule has 18 heavy (non-hydrogen) atoms. The van der Waals surface area contributed by atoms with E-state index in [1.54, 1.807) is 18.2 Å². The van der Waals surface area contributed by atoms with Crippen LogP contribution in [-0.2, 0) is 0 Å². The molecule has 1 aromatic carbocycles. The zero-order valence-corrected chi connectivity index (χ0v) is 11.4. The molecule has 0 radical (unpaired) electrons. The molecule has 0 N–H and O–H groups in total. The first-order chi connectivity index (χ1) is 8.61. The summed E-state index contributed by atoms with van der Waals surface area (Å²) in [5.41, 5.74) is 0.306. The van der Waals surface area contributed by atoms with Crippen molar-refractivity contribution in [3.8, 4) is 17.0 Å². The highest BCUT2D eigenvalue weighted by molar-refractivity contribution is 7.07. The number of hydrogen-bond acceptors (Lipinski definition) is 5. The molecule has 2 aromatic rings. The molecule has 0 saturated heterocycles. The lowest BCUT2D eigenvalue weighted by Gasteiger charge is -2.04. The van der Waals surface area contributed by atoms with Crippen molar-refractivity contribution in [1.29, 1.82) is 5.26 Å². The van der Waals surface area contributed by atoms with Crippen molar-refractivity contribution in [1.82, 2.24) is 9.36 Å². The average molecular weight is 280 g/mol. The van der Waals surface area contributed by atoms with E-state index in [0.29, 0.717) is 21.5 Å². The number of nitrogens with zero attached hydrogens (tertiary/aromatic N) is 3.